The fraction of sp³-hybridized carbons (Fsp3) is 0.176. The van der Waals surface area contributed by atoms with E-state index in [-0.39, 0.29) is 21.5 Å². The topological polar surface area (TPSA) is 68.9 Å². The van der Waals surface area contributed by atoms with E-state index < -0.39 is 16.9 Å². The third-order valence-electron chi connectivity index (χ3n) is 3.66. The number of nitro groups is 1. The smallest absolute Gasteiger partial charge is 0.258 e. The molecular weight excluding hydrogens is 367 g/mol. The van der Waals surface area contributed by atoms with Crippen LogP contribution in [0.3, 0.4) is 0 Å². The van der Waals surface area contributed by atoms with Crippen molar-refractivity contribution in [3.8, 4) is 0 Å². The largest absolute Gasteiger partial charge is 0.451 e. The highest BCUT2D eigenvalue weighted by Gasteiger charge is 2.35. The van der Waals surface area contributed by atoms with E-state index in [9.17, 15) is 23.3 Å². The van der Waals surface area contributed by atoms with Gasteiger partial charge in [-0.05, 0) is 18.6 Å². The van der Waals surface area contributed by atoms with Crippen LogP contribution in [0.25, 0.3) is 10.9 Å². The first-order valence-corrected chi connectivity index (χ1v) is 8.38. The molecule has 0 aliphatic heterocycles. The first-order chi connectivity index (χ1) is 12.3. The number of nitrogens with zero attached hydrogens (tertiary/aromatic N) is 3. The summed E-state index contributed by atoms with van der Waals surface area (Å²) in [6.07, 6.45) is -4.66. The molecule has 5 nitrogen and oxygen atoms in total. The van der Waals surface area contributed by atoms with Crippen molar-refractivity contribution >= 4 is 28.4 Å². The van der Waals surface area contributed by atoms with Crippen molar-refractivity contribution in [2.75, 3.05) is 0 Å². The van der Waals surface area contributed by atoms with Gasteiger partial charge < -0.3 is 0 Å². The molecule has 0 bridgehead atoms. The molecule has 9 heteroatoms. The lowest BCUT2D eigenvalue weighted by atomic mass is 10.1. The highest BCUT2D eigenvalue weighted by molar-refractivity contribution is 7.99. The van der Waals surface area contributed by atoms with Crippen molar-refractivity contribution in [2.45, 2.75) is 23.4 Å². The zero-order chi connectivity index (χ0) is 18.9. The second kappa shape index (κ2) is 6.91. The molecule has 0 saturated carbocycles. The van der Waals surface area contributed by atoms with Gasteiger partial charge in [-0.15, -0.1) is 0 Å². The molecule has 26 heavy (non-hydrogen) atoms. The van der Waals surface area contributed by atoms with Crippen LogP contribution in [0.4, 0.5) is 18.9 Å². The lowest BCUT2D eigenvalue weighted by Crippen LogP contribution is -2.12. The average molecular weight is 379 g/mol. The Hall–Kier alpha value is -2.68. The molecule has 0 radical (unpaired) electrons. The summed E-state index contributed by atoms with van der Waals surface area (Å²) in [7, 11) is 0. The number of thioether (sulfide) groups is 1. The van der Waals surface area contributed by atoms with E-state index in [0.717, 1.165) is 11.8 Å². The van der Waals surface area contributed by atoms with Crippen LogP contribution in [0.1, 0.15) is 23.6 Å². The van der Waals surface area contributed by atoms with Crippen LogP contribution in [-0.2, 0) is 6.18 Å². The quantitative estimate of drug-likeness (QED) is 0.262. The molecule has 0 fully saturated rings. The molecule has 0 saturated heterocycles. The van der Waals surface area contributed by atoms with Crippen molar-refractivity contribution in [2.24, 2.45) is 0 Å². The lowest BCUT2D eigenvalue weighted by Gasteiger charge is -2.14. The minimum atomic E-state index is -4.66. The standard InChI is InChI=1S/C17H12F3N3O2S/c1-10(11-5-4-6-12(9-11)23(24)25)26-15-13-7-2-3-8-14(13)21-16(22-15)17(18,19)20/h2-10H,1H3/t10-/m0/s1. The van der Waals surface area contributed by atoms with E-state index in [4.69, 9.17) is 0 Å². The van der Waals surface area contributed by atoms with E-state index in [2.05, 4.69) is 9.97 Å². The number of hydrogen-bond acceptors (Lipinski definition) is 5. The van der Waals surface area contributed by atoms with Crippen LogP contribution >= 0.6 is 11.8 Å². The number of alkyl halides is 3. The van der Waals surface area contributed by atoms with Crippen molar-refractivity contribution in [3.05, 3.63) is 70.0 Å². The van der Waals surface area contributed by atoms with Crippen molar-refractivity contribution < 1.29 is 18.1 Å². The minimum absolute atomic E-state index is 0.0709. The number of rotatable bonds is 4. The Morgan fingerprint density at radius 3 is 2.54 bits per heavy atom. The summed E-state index contributed by atoms with van der Waals surface area (Å²) in [5.41, 5.74) is 0.752. The Bertz CT molecular complexity index is 979. The third kappa shape index (κ3) is 3.77. The summed E-state index contributed by atoms with van der Waals surface area (Å²) in [6.45, 7) is 1.76. The number of fused-ring (bicyclic) bond motifs is 1. The number of halogens is 3. The Kier molecular flexibility index (Phi) is 4.82. The van der Waals surface area contributed by atoms with Gasteiger partial charge in [0, 0.05) is 22.8 Å². The van der Waals surface area contributed by atoms with E-state index in [1.807, 2.05) is 0 Å². The third-order valence-corrected chi connectivity index (χ3v) is 4.82. The number of para-hydroxylation sites is 1. The summed E-state index contributed by atoms with van der Waals surface area (Å²) < 4.78 is 39.3. The number of hydrogen-bond donors (Lipinski definition) is 0. The maximum absolute atomic E-state index is 13.1. The molecule has 3 rings (SSSR count). The Labute approximate surface area is 150 Å². The van der Waals surface area contributed by atoms with Gasteiger partial charge in [0.05, 0.1) is 10.4 Å². The minimum Gasteiger partial charge on any atom is -0.258 e. The van der Waals surface area contributed by atoms with E-state index in [0.29, 0.717) is 10.9 Å². The Balaban J connectivity index is 2.02. The summed E-state index contributed by atoms with van der Waals surface area (Å²) in [5, 5.41) is 11.3. The maximum atomic E-state index is 13.1. The van der Waals surface area contributed by atoms with Gasteiger partial charge in [0.15, 0.2) is 0 Å². The van der Waals surface area contributed by atoms with Gasteiger partial charge in [0.1, 0.15) is 5.03 Å². The molecule has 0 aliphatic rings. The molecule has 1 heterocycles. The first-order valence-electron chi connectivity index (χ1n) is 7.50. The number of benzene rings is 2. The van der Waals surface area contributed by atoms with Gasteiger partial charge in [-0.1, -0.05) is 42.1 Å². The Morgan fingerprint density at radius 2 is 1.85 bits per heavy atom. The summed E-state index contributed by atoms with van der Waals surface area (Å²) in [4.78, 5) is 17.7. The monoisotopic (exact) mass is 379 g/mol. The van der Waals surface area contributed by atoms with Gasteiger partial charge in [-0.2, -0.15) is 13.2 Å². The highest BCUT2D eigenvalue weighted by atomic mass is 32.2. The zero-order valence-corrected chi connectivity index (χ0v) is 14.2. The fourth-order valence-electron chi connectivity index (χ4n) is 2.39. The summed E-state index contributed by atoms with van der Waals surface area (Å²) >= 11 is 1.10. The predicted molar refractivity (Wildman–Crippen MR) is 91.9 cm³/mol. The second-order valence-electron chi connectivity index (χ2n) is 5.48. The molecule has 1 atom stereocenters. The van der Waals surface area contributed by atoms with Gasteiger partial charge in [0.2, 0.25) is 5.82 Å². The molecule has 0 unspecified atom stereocenters. The molecule has 0 amide bonds. The van der Waals surface area contributed by atoms with E-state index in [1.54, 1.807) is 37.3 Å². The van der Waals surface area contributed by atoms with Crippen LogP contribution in [0, 0.1) is 10.1 Å². The van der Waals surface area contributed by atoms with E-state index >= 15 is 0 Å². The number of nitro benzene ring substituents is 1. The molecule has 134 valence electrons. The predicted octanol–water partition coefficient (Wildman–Crippen LogP) is 5.41. The molecule has 1 aromatic heterocycles. The maximum Gasteiger partial charge on any atom is 0.451 e. The van der Waals surface area contributed by atoms with Gasteiger partial charge in [-0.3, -0.25) is 10.1 Å². The van der Waals surface area contributed by atoms with Crippen LogP contribution in [0.15, 0.2) is 53.6 Å². The molecule has 3 aromatic rings. The Morgan fingerprint density at radius 1 is 1.12 bits per heavy atom. The molecule has 0 aliphatic carbocycles. The van der Waals surface area contributed by atoms with Crippen LogP contribution in [-0.4, -0.2) is 14.9 Å². The normalized spacial score (nSPS) is 12.9. The van der Waals surface area contributed by atoms with Gasteiger partial charge >= 0.3 is 6.18 Å². The first kappa shape index (κ1) is 18.1. The SMILES string of the molecule is C[C@H](Sc1nc(C(F)(F)F)nc2ccccc12)c1cccc([N+](=O)[O-])c1. The average Bonchev–Trinajstić information content (AvgIpc) is 2.61. The second-order valence-corrected chi connectivity index (χ2v) is 6.81. The van der Waals surface area contributed by atoms with E-state index in [1.165, 1.54) is 18.2 Å². The zero-order valence-electron chi connectivity index (χ0n) is 13.4. The van der Waals surface area contributed by atoms with Crippen LogP contribution in [0.2, 0.25) is 0 Å². The summed E-state index contributed by atoms with van der Waals surface area (Å²) in [5.74, 6) is -1.20. The van der Waals surface area contributed by atoms with Crippen molar-refractivity contribution in [1.82, 2.24) is 9.97 Å². The van der Waals surface area contributed by atoms with Crippen molar-refractivity contribution in [1.29, 1.82) is 0 Å². The number of non-ortho nitro benzene ring substituents is 1. The van der Waals surface area contributed by atoms with Crippen LogP contribution < -0.4 is 0 Å². The molecule has 0 N–H and O–H groups in total. The van der Waals surface area contributed by atoms with Crippen molar-refractivity contribution in [3.63, 3.8) is 0 Å². The van der Waals surface area contributed by atoms with Gasteiger partial charge in [-0.25, -0.2) is 9.97 Å². The fourth-order valence-corrected chi connectivity index (χ4v) is 3.45. The molecular formula is C17H12F3N3O2S. The highest BCUT2D eigenvalue weighted by Crippen LogP contribution is 2.39. The van der Waals surface area contributed by atoms with Crippen LogP contribution in [0.5, 0.6) is 0 Å². The lowest BCUT2D eigenvalue weighted by molar-refractivity contribution is -0.384. The molecule has 0 spiro atoms. The number of aromatic nitrogens is 2. The van der Waals surface area contributed by atoms with Gasteiger partial charge in [0.25, 0.3) is 5.69 Å². The summed E-state index contributed by atoms with van der Waals surface area (Å²) in [6, 6.07) is 12.5. The molecule has 2 aromatic carbocycles.